The number of fused-ring (bicyclic) bond motifs is 1. The molecule has 1 aliphatic rings. The van der Waals surface area contributed by atoms with Crippen molar-refractivity contribution in [2.75, 3.05) is 32.1 Å². The smallest absolute Gasteiger partial charge is 0.269 e. The molecule has 1 heterocycles. The summed E-state index contributed by atoms with van der Waals surface area (Å²) in [7, 11) is 3.93. The van der Waals surface area contributed by atoms with Crippen LogP contribution in [0.5, 0.6) is 5.75 Å². The molecule has 152 valence electrons. The average molecular weight is 398 g/mol. The van der Waals surface area contributed by atoms with Crippen molar-refractivity contribution in [3.8, 4) is 5.75 Å². The summed E-state index contributed by atoms with van der Waals surface area (Å²) in [4.78, 5) is 25.0. The predicted molar refractivity (Wildman–Crippen MR) is 109 cm³/mol. The van der Waals surface area contributed by atoms with Gasteiger partial charge >= 0.3 is 0 Å². The number of nitrogens with zero attached hydrogens (tertiary/aromatic N) is 4. The normalized spacial score (nSPS) is 12.8. The quantitative estimate of drug-likeness (QED) is 0.379. The molecule has 0 saturated heterocycles. The Hall–Kier alpha value is -3.62. The van der Waals surface area contributed by atoms with Crippen LogP contribution in [0.2, 0.25) is 0 Å². The lowest BCUT2D eigenvalue weighted by molar-refractivity contribution is -0.385. The fourth-order valence-corrected chi connectivity index (χ4v) is 3.32. The zero-order valence-electron chi connectivity index (χ0n) is 16.3. The molecule has 0 saturated carbocycles. The van der Waals surface area contributed by atoms with E-state index in [1.165, 1.54) is 18.2 Å². The van der Waals surface area contributed by atoms with Crippen molar-refractivity contribution in [3.05, 3.63) is 80.2 Å². The molecule has 0 fully saturated rings. The van der Waals surface area contributed by atoms with Crippen molar-refractivity contribution in [1.82, 2.24) is 4.90 Å². The van der Waals surface area contributed by atoms with Crippen molar-refractivity contribution in [3.63, 3.8) is 0 Å². The Kier molecular flexibility index (Phi) is 5.96. The van der Waals surface area contributed by atoms with E-state index in [0.29, 0.717) is 18.8 Å². The van der Waals surface area contributed by atoms with Gasteiger partial charge in [-0.05, 0) is 42.7 Å². The van der Waals surface area contributed by atoms with Crippen molar-refractivity contribution in [2.45, 2.75) is 12.8 Å². The lowest BCUT2D eigenvalue weighted by Crippen LogP contribution is -2.34. The maximum Gasteiger partial charge on any atom is 0.269 e. The molecule has 0 spiro atoms. The molecule has 0 amide bonds. The van der Waals surface area contributed by atoms with Crippen LogP contribution in [0.25, 0.3) is 0 Å². The molecule has 9 nitrogen and oxygen atoms in total. The van der Waals surface area contributed by atoms with Gasteiger partial charge in [0.05, 0.1) is 16.5 Å². The van der Waals surface area contributed by atoms with Crippen LogP contribution in [0.1, 0.15) is 12.0 Å². The second-order valence-corrected chi connectivity index (χ2v) is 6.77. The monoisotopic (exact) mass is 398 g/mol. The fourth-order valence-electron chi connectivity index (χ4n) is 3.32. The van der Waals surface area contributed by atoms with Gasteiger partial charge in [-0.15, -0.1) is 0 Å². The molecule has 0 unspecified atom stereocenters. The lowest BCUT2D eigenvalue weighted by Gasteiger charge is -2.35. The van der Waals surface area contributed by atoms with Gasteiger partial charge in [-0.2, -0.15) is 0 Å². The molecule has 29 heavy (non-hydrogen) atoms. The number of hydrogen-bond acceptors (Lipinski definition) is 7. The Labute approximate surface area is 168 Å². The van der Waals surface area contributed by atoms with E-state index in [1.807, 2.05) is 19.0 Å². The number of ether oxygens (including phenoxy) is 1. The molecular formula is C20H22N4O5. The summed E-state index contributed by atoms with van der Waals surface area (Å²) in [6.45, 7) is 1.24. The van der Waals surface area contributed by atoms with E-state index in [-0.39, 0.29) is 16.3 Å². The summed E-state index contributed by atoms with van der Waals surface area (Å²) < 4.78 is 5.65. The SMILES string of the molecule is CN(CCCOc1ccc([N+](=O)[O-])cc1)C1=CCc2cc([N+](=O)[O-])ccc2N1C. The third-order valence-electron chi connectivity index (χ3n) is 4.83. The Balaban J connectivity index is 1.52. The molecule has 2 aromatic carbocycles. The summed E-state index contributed by atoms with van der Waals surface area (Å²) in [5.74, 6) is 1.63. The Morgan fingerprint density at radius 3 is 2.38 bits per heavy atom. The molecule has 0 bridgehead atoms. The van der Waals surface area contributed by atoms with Crippen LogP contribution in [0.3, 0.4) is 0 Å². The molecular weight excluding hydrogens is 376 g/mol. The minimum absolute atomic E-state index is 0.0370. The van der Waals surface area contributed by atoms with Crippen LogP contribution in [0, 0.1) is 20.2 Å². The number of rotatable bonds is 8. The highest BCUT2D eigenvalue weighted by molar-refractivity contribution is 5.63. The number of allylic oxidation sites excluding steroid dienone is 1. The largest absolute Gasteiger partial charge is 0.494 e. The molecule has 0 atom stereocenters. The highest BCUT2D eigenvalue weighted by atomic mass is 16.6. The van der Waals surface area contributed by atoms with Gasteiger partial charge in [0.15, 0.2) is 0 Å². The minimum atomic E-state index is -0.441. The first-order chi connectivity index (χ1) is 13.9. The van der Waals surface area contributed by atoms with Gasteiger partial charge in [-0.25, -0.2) is 0 Å². The highest BCUT2D eigenvalue weighted by Gasteiger charge is 2.21. The van der Waals surface area contributed by atoms with Crippen LogP contribution in [0.15, 0.2) is 54.4 Å². The molecule has 1 aliphatic heterocycles. The van der Waals surface area contributed by atoms with Gasteiger partial charge in [0.2, 0.25) is 0 Å². The second-order valence-electron chi connectivity index (χ2n) is 6.77. The average Bonchev–Trinajstić information content (AvgIpc) is 2.71. The third kappa shape index (κ3) is 4.63. The molecule has 0 N–H and O–H groups in total. The van der Waals surface area contributed by atoms with E-state index in [1.54, 1.807) is 24.3 Å². The Morgan fingerprint density at radius 1 is 1.07 bits per heavy atom. The second kappa shape index (κ2) is 8.59. The molecule has 2 aromatic rings. The number of non-ortho nitro benzene ring substituents is 2. The van der Waals surface area contributed by atoms with Crippen LogP contribution in [-0.2, 0) is 6.42 Å². The van der Waals surface area contributed by atoms with Gasteiger partial charge in [-0.3, -0.25) is 20.2 Å². The first-order valence-corrected chi connectivity index (χ1v) is 9.16. The summed E-state index contributed by atoms with van der Waals surface area (Å²) in [6, 6.07) is 11.0. The van der Waals surface area contributed by atoms with E-state index in [9.17, 15) is 20.2 Å². The Bertz CT molecular complexity index is 942. The Morgan fingerprint density at radius 2 is 1.72 bits per heavy atom. The summed E-state index contributed by atoms with van der Waals surface area (Å²) >= 11 is 0. The van der Waals surface area contributed by atoms with Crippen molar-refractivity contribution in [2.24, 2.45) is 0 Å². The van der Waals surface area contributed by atoms with Gasteiger partial charge in [0.25, 0.3) is 11.4 Å². The van der Waals surface area contributed by atoms with Crippen LogP contribution in [-0.4, -0.2) is 42.0 Å². The number of benzene rings is 2. The maximum atomic E-state index is 11.0. The van der Waals surface area contributed by atoms with Crippen molar-refractivity contribution < 1.29 is 14.6 Å². The number of anilines is 1. The van der Waals surface area contributed by atoms with Crippen LogP contribution in [0.4, 0.5) is 17.1 Å². The zero-order chi connectivity index (χ0) is 21.0. The van der Waals surface area contributed by atoms with Crippen molar-refractivity contribution >= 4 is 17.1 Å². The molecule has 0 radical (unpaired) electrons. The van der Waals surface area contributed by atoms with Gasteiger partial charge < -0.3 is 14.5 Å². The van der Waals surface area contributed by atoms with Gasteiger partial charge in [-0.1, -0.05) is 0 Å². The van der Waals surface area contributed by atoms with E-state index in [0.717, 1.165) is 30.0 Å². The number of nitro groups is 2. The van der Waals surface area contributed by atoms with E-state index >= 15 is 0 Å². The number of hydrogen-bond donors (Lipinski definition) is 0. The van der Waals surface area contributed by atoms with E-state index < -0.39 is 4.92 Å². The van der Waals surface area contributed by atoms with Crippen molar-refractivity contribution in [1.29, 1.82) is 0 Å². The van der Waals surface area contributed by atoms with Gasteiger partial charge in [0, 0.05) is 50.6 Å². The summed E-state index contributed by atoms with van der Waals surface area (Å²) in [5, 5.41) is 21.6. The topological polar surface area (TPSA) is 102 Å². The highest BCUT2D eigenvalue weighted by Crippen LogP contribution is 2.32. The summed E-state index contributed by atoms with van der Waals surface area (Å²) in [6.07, 6.45) is 3.47. The molecule has 0 aliphatic carbocycles. The molecule has 9 heteroatoms. The zero-order valence-corrected chi connectivity index (χ0v) is 16.3. The maximum absolute atomic E-state index is 11.0. The molecule has 0 aromatic heterocycles. The third-order valence-corrected chi connectivity index (χ3v) is 4.83. The first kappa shape index (κ1) is 20.1. The van der Waals surface area contributed by atoms with Gasteiger partial charge in [0.1, 0.15) is 11.6 Å². The lowest BCUT2D eigenvalue weighted by atomic mass is 10.0. The minimum Gasteiger partial charge on any atom is -0.494 e. The fraction of sp³-hybridized carbons (Fsp3) is 0.300. The van der Waals surface area contributed by atoms with Crippen LogP contribution < -0.4 is 9.64 Å². The summed E-state index contributed by atoms with van der Waals surface area (Å²) in [5.41, 5.74) is 2.03. The molecule has 3 rings (SSSR count). The number of nitro benzene ring substituents is 2. The standard InChI is InChI=1S/C20H22N4O5/c1-21(12-3-13-29-18-8-5-16(6-9-18)23(25)26)20-11-4-15-14-17(24(27)28)7-10-19(15)22(20)2/h5-11,14H,3-4,12-13H2,1-2H3. The predicted octanol–water partition coefficient (Wildman–Crippen LogP) is 3.74. The van der Waals surface area contributed by atoms with E-state index in [2.05, 4.69) is 11.0 Å². The van der Waals surface area contributed by atoms with E-state index in [4.69, 9.17) is 4.74 Å². The first-order valence-electron chi connectivity index (χ1n) is 9.16. The van der Waals surface area contributed by atoms with Crippen LogP contribution >= 0.6 is 0 Å².